The number of benzene rings is 3. The van der Waals surface area contributed by atoms with Gasteiger partial charge in [0.25, 0.3) is 0 Å². The largest absolute Gasteiger partial charge is 1.00 e. The van der Waals surface area contributed by atoms with Crippen LogP contribution in [0.15, 0.2) is 87.3 Å². The Morgan fingerprint density at radius 2 is 1.84 bits per heavy atom. The van der Waals surface area contributed by atoms with Crippen molar-refractivity contribution in [3.05, 3.63) is 88.7 Å². The predicted molar refractivity (Wildman–Crippen MR) is 123 cm³/mol. The molecule has 0 aliphatic heterocycles. The van der Waals surface area contributed by atoms with Crippen LogP contribution >= 0.6 is 27.7 Å². The summed E-state index contributed by atoms with van der Waals surface area (Å²) in [5.41, 5.74) is 2.93. The molecule has 1 N–H and O–H groups in total. The number of carboxylic acid groups (broad SMARTS) is 1. The van der Waals surface area contributed by atoms with Gasteiger partial charge in [-0.25, -0.2) is 0 Å². The molecule has 0 fully saturated rings. The molecule has 5 nitrogen and oxygen atoms in total. The smallest absolute Gasteiger partial charge is 0.550 e. The second-order valence-corrected chi connectivity index (χ2v) is 8.72. The van der Waals surface area contributed by atoms with E-state index in [1.807, 2.05) is 48.5 Å². The molecule has 0 spiro atoms. The maximum absolute atomic E-state index is 11.2. The zero-order chi connectivity index (χ0) is 21.8. The van der Waals surface area contributed by atoms with Gasteiger partial charge in [0, 0.05) is 49.3 Å². The number of hydrogen-bond acceptors (Lipinski definition) is 6. The van der Waals surface area contributed by atoms with E-state index in [0.717, 1.165) is 36.4 Å². The van der Waals surface area contributed by atoms with Crippen molar-refractivity contribution in [3.8, 4) is 6.07 Å². The average Bonchev–Trinajstić information content (AvgIpc) is 2.76. The van der Waals surface area contributed by atoms with E-state index < -0.39 is 5.97 Å². The van der Waals surface area contributed by atoms with Crippen molar-refractivity contribution < 1.29 is 39.5 Å². The fraction of sp³-hybridized carbons (Fsp3) is 0.0417. The van der Waals surface area contributed by atoms with Crippen LogP contribution in [0.3, 0.4) is 0 Å². The van der Waals surface area contributed by atoms with Crippen molar-refractivity contribution >= 4 is 55.8 Å². The van der Waals surface area contributed by atoms with E-state index in [0.29, 0.717) is 11.1 Å². The number of nitriles is 1. The zero-order valence-electron chi connectivity index (χ0n) is 17.1. The average molecular weight is 512 g/mol. The first-order chi connectivity index (χ1) is 15.0. The van der Waals surface area contributed by atoms with Gasteiger partial charge in [-0.2, -0.15) is 5.26 Å². The van der Waals surface area contributed by atoms with Crippen molar-refractivity contribution in [1.29, 1.82) is 5.26 Å². The van der Waals surface area contributed by atoms with Gasteiger partial charge in [0.2, 0.25) is 0 Å². The van der Waals surface area contributed by atoms with Gasteiger partial charge >= 0.3 is 29.6 Å². The number of fused-ring (bicyclic) bond motifs is 1. The Bertz CT molecular complexity index is 1340. The van der Waals surface area contributed by atoms with Crippen LogP contribution in [-0.4, -0.2) is 11.0 Å². The van der Waals surface area contributed by atoms with Gasteiger partial charge in [-0.3, -0.25) is 4.98 Å². The summed E-state index contributed by atoms with van der Waals surface area (Å²) in [5.74, 6) is -1.13. The number of nitrogens with zero attached hydrogens (tertiary/aromatic N) is 2. The Morgan fingerprint density at radius 1 is 1.06 bits per heavy atom. The van der Waals surface area contributed by atoms with Crippen molar-refractivity contribution in [2.45, 2.75) is 16.2 Å². The SMILES string of the molecule is N#Cc1ccc(Nc2cnccc2Sc2ccc(Br)cc2CC(=O)[O-])c2ccccc12.[Na+]. The topological polar surface area (TPSA) is 88.8 Å². The van der Waals surface area contributed by atoms with Gasteiger partial charge in [-0.15, -0.1) is 0 Å². The fourth-order valence-electron chi connectivity index (χ4n) is 3.27. The Labute approximate surface area is 220 Å². The molecule has 0 bridgehead atoms. The van der Waals surface area contributed by atoms with Crippen LogP contribution < -0.4 is 40.0 Å². The Balaban J connectivity index is 0.00000289. The van der Waals surface area contributed by atoms with Crippen LogP contribution in [0.4, 0.5) is 11.4 Å². The molecule has 0 radical (unpaired) electrons. The van der Waals surface area contributed by atoms with Crippen LogP contribution in [0, 0.1) is 11.3 Å². The minimum Gasteiger partial charge on any atom is -0.550 e. The molecule has 1 heterocycles. The number of carbonyl (C=O) groups is 1. The molecule has 152 valence electrons. The third kappa shape index (κ3) is 5.52. The number of hydrogen-bond donors (Lipinski definition) is 1. The van der Waals surface area contributed by atoms with E-state index >= 15 is 0 Å². The second-order valence-electron chi connectivity index (χ2n) is 6.72. The first-order valence-electron chi connectivity index (χ1n) is 9.34. The quantitative estimate of drug-likeness (QED) is 0.398. The van der Waals surface area contributed by atoms with E-state index in [1.165, 1.54) is 11.8 Å². The van der Waals surface area contributed by atoms with Crippen molar-refractivity contribution in [2.75, 3.05) is 5.32 Å². The second kappa shape index (κ2) is 11.0. The summed E-state index contributed by atoms with van der Waals surface area (Å²) >= 11 is 4.85. The van der Waals surface area contributed by atoms with Crippen molar-refractivity contribution in [3.63, 3.8) is 0 Å². The summed E-state index contributed by atoms with van der Waals surface area (Å²) in [7, 11) is 0. The molecule has 0 saturated carbocycles. The molecule has 4 aromatic rings. The number of carboxylic acids is 1. The van der Waals surface area contributed by atoms with Crippen LogP contribution in [-0.2, 0) is 11.2 Å². The van der Waals surface area contributed by atoms with E-state index in [4.69, 9.17) is 0 Å². The molecule has 0 aliphatic rings. The molecule has 32 heavy (non-hydrogen) atoms. The number of pyridine rings is 1. The summed E-state index contributed by atoms with van der Waals surface area (Å²) in [6.07, 6.45) is 3.25. The molecule has 0 atom stereocenters. The molecule has 0 aliphatic carbocycles. The zero-order valence-corrected chi connectivity index (χ0v) is 21.5. The van der Waals surface area contributed by atoms with E-state index in [-0.39, 0.29) is 36.0 Å². The third-order valence-corrected chi connectivity index (χ3v) is 6.36. The van der Waals surface area contributed by atoms with E-state index in [1.54, 1.807) is 24.5 Å². The maximum atomic E-state index is 11.2. The molecule has 0 unspecified atom stereocenters. The van der Waals surface area contributed by atoms with Gasteiger partial charge in [0.1, 0.15) is 0 Å². The molecular formula is C24H15BrN3NaO2S. The number of halogens is 1. The number of aliphatic carboxylic acids is 1. The van der Waals surface area contributed by atoms with Gasteiger partial charge < -0.3 is 15.2 Å². The van der Waals surface area contributed by atoms with E-state index in [9.17, 15) is 15.2 Å². The first-order valence-corrected chi connectivity index (χ1v) is 10.9. The normalized spacial score (nSPS) is 10.2. The van der Waals surface area contributed by atoms with Crippen LogP contribution in [0.2, 0.25) is 0 Å². The molecule has 3 aromatic carbocycles. The van der Waals surface area contributed by atoms with Crippen molar-refractivity contribution in [2.24, 2.45) is 0 Å². The number of anilines is 2. The Kier molecular flexibility index (Phi) is 8.35. The number of nitrogens with one attached hydrogen (secondary N) is 1. The van der Waals surface area contributed by atoms with Crippen molar-refractivity contribution in [1.82, 2.24) is 4.98 Å². The Morgan fingerprint density at radius 3 is 2.59 bits per heavy atom. The maximum Gasteiger partial charge on any atom is 1.00 e. The van der Waals surface area contributed by atoms with Crippen LogP contribution in [0.1, 0.15) is 11.1 Å². The number of carbonyl (C=O) groups excluding carboxylic acids is 1. The third-order valence-electron chi connectivity index (χ3n) is 4.67. The summed E-state index contributed by atoms with van der Waals surface area (Å²) in [5, 5.41) is 25.8. The monoisotopic (exact) mass is 511 g/mol. The minimum atomic E-state index is -1.13. The van der Waals surface area contributed by atoms with Gasteiger partial charge in [0.05, 0.1) is 23.5 Å². The molecule has 4 rings (SSSR count). The van der Waals surface area contributed by atoms with Gasteiger partial charge in [-0.1, -0.05) is 52.0 Å². The van der Waals surface area contributed by atoms with E-state index in [2.05, 4.69) is 32.3 Å². The summed E-state index contributed by atoms with van der Waals surface area (Å²) in [4.78, 5) is 17.1. The standard InChI is InChI=1S/C24H16BrN3O2S.Na/c25-17-6-8-22(16(11-17)12-24(29)30)31-23-9-10-27-14-21(23)28-20-7-5-15(13-26)18-3-1-2-4-19(18)20;/h1-11,14,28H,12H2,(H,29,30);/q;+1/p-1. The summed E-state index contributed by atoms with van der Waals surface area (Å²) in [6.45, 7) is 0. The van der Waals surface area contributed by atoms with Crippen LogP contribution in [0.25, 0.3) is 10.8 Å². The number of rotatable bonds is 6. The molecular weight excluding hydrogens is 497 g/mol. The fourth-order valence-corrected chi connectivity index (χ4v) is 4.66. The predicted octanol–water partition coefficient (Wildman–Crippen LogP) is 2.06. The summed E-state index contributed by atoms with van der Waals surface area (Å²) < 4.78 is 0.810. The minimum absolute atomic E-state index is 0. The molecule has 8 heteroatoms. The van der Waals surface area contributed by atoms with Crippen LogP contribution in [0.5, 0.6) is 0 Å². The van der Waals surface area contributed by atoms with Gasteiger partial charge in [-0.05, 0) is 42.0 Å². The van der Waals surface area contributed by atoms with Gasteiger partial charge in [0.15, 0.2) is 0 Å². The number of aromatic nitrogens is 1. The molecule has 0 saturated heterocycles. The first kappa shape index (κ1) is 24.3. The molecule has 1 aromatic heterocycles. The Hall–Kier alpha value is -2.34. The molecule has 0 amide bonds. The summed E-state index contributed by atoms with van der Waals surface area (Å²) in [6, 6.07) is 21.1.